The molecule has 0 saturated carbocycles. The van der Waals surface area contributed by atoms with Crippen molar-refractivity contribution in [3.05, 3.63) is 35.9 Å². The van der Waals surface area contributed by atoms with E-state index in [-0.39, 0.29) is 19.4 Å². The average molecular weight is 292 g/mol. The quantitative estimate of drug-likeness (QED) is 0.425. The second kappa shape index (κ2) is 7.87. The van der Waals surface area contributed by atoms with Gasteiger partial charge in [-0.3, -0.25) is 0 Å². The zero-order valence-electron chi connectivity index (χ0n) is 10.8. The third-order valence-electron chi connectivity index (χ3n) is 2.61. The molecule has 20 heavy (non-hydrogen) atoms. The fourth-order valence-corrected chi connectivity index (χ4v) is 1.64. The number of hydrogen-bond donors (Lipinski definition) is 0. The van der Waals surface area contributed by atoms with Crippen LogP contribution in [0.1, 0.15) is 36.0 Å². The minimum atomic E-state index is -4.47. The molecule has 0 heterocycles. The molecule has 0 amide bonds. The summed E-state index contributed by atoms with van der Waals surface area (Å²) in [5.41, 5.74) is 0.410. The molecule has 112 valence electrons. The molecule has 0 aliphatic heterocycles. The second-order valence-electron chi connectivity index (χ2n) is 4.41. The summed E-state index contributed by atoms with van der Waals surface area (Å²) < 4.78 is 53.4. The molecule has 6 heteroatoms. The first-order chi connectivity index (χ1) is 9.38. The highest BCUT2D eigenvalue weighted by atomic mass is 19.4. The number of alkyl halides is 4. The van der Waals surface area contributed by atoms with E-state index in [1.807, 2.05) is 0 Å². The van der Waals surface area contributed by atoms with Crippen LogP contribution < -0.4 is 0 Å². The molecule has 1 aromatic rings. The molecule has 0 aliphatic carbocycles. The van der Waals surface area contributed by atoms with Crippen LogP contribution in [0.2, 0.25) is 0 Å². The minimum absolute atomic E-state index is 0.0759. The van der Waals surface area contributed by atoms with Crippen molar-refractivity contribution in [1.29, 1.82) is 0 Å². The first-order valence-corrected chi connectivity index (χ1v) is 6.31. The molecule has 0 bridgehead atoms. The molecular formula is C14H16F4O2. The van der Waals surface area contributed by atoms with Gasteiger partial charge in [-0.2, -0.15) is 13.2 Å². The Kier molecular flexibility index (Phi) is 6.48. The van der Waals surface area contributed by atoms with E-state index in [2.05, 4.69) is 0 Å². The fraction of sp³-hybridized carbons (Fsp3) is 0.500. The topological polar surface area (TPSA) is 26.3 Å². The van der Waals surface area contributed by atoms with Gasteiger partial charge in [-0.25, -0.2) is 9.18 Å². The van der Waals surface area contributed by atoms with Crippen molar-refractivity contribution in [1.82, 2.24) is 0 Å². The maximum atomic E-state index is 12.9. The molecule has 0 N–H and O–H groups in total. The molecule has 2 nitrogen and oxygen atoms in total. The summed E-state index contributed by atoms with van der Waals surface area (Å²) in [6.45, 7) is 0.0759. The summed E-state index contributed by atoms with van der Waals surface area (Å²) >= 11 is 0. The number of ether oxygens (including phenoxy) is 1. The smallest absolute Gasteiger partial charge is 0.391 e. The number of hydrogen-bond acceptors (Lipinski definition) is 2. The van der Waals surface area contributed by atoms with Crippen molar-refractivity contribution in [2.75, 3.05) is 6.61 Å². The molecule has 0 spiro atoms. The third kappa shape index (κ3) is 7.11. The minimum Gasteiger partial charge on any atom is -0.462 e. The Labute approximate surface area is 114 Å². The van der Waals surface area contributed by atoms with Crippen molar-refractivity contribution in [2.24, 2.45) is 0 Å². The summed E-state index contributed by atoms with van der Waals surface area (Å²) in [5, 5.41) is 0. The number of esters is 1. The first-order valence-electron chi connectivity index (χ1n) is 6.31. The molecule has 1 aromatic carbocycles. The fourth-order valence-electron chi connectivity index (χ4n) is 1.64. The van der Waals surface area contributed by atoms with Gasteiger partial charge < -0.3 is 4.74 Å². The summed E-state index contributed by atoms with van der Waals surface area (Å²) in [7, 11) is 0. The van der Waals surface area contributed by atoms with Gasteiger partial charge in [-0.15, -0.1) is 0 Å². The van der Waals surface area contributed by atoms with Gasteiger partial charge in [0.2, 0.25) is 0 Å². The Bertz CT molecular complexity index is 403. The molecule has 1 unspecified atom stereocenters. The molecule has 1 rings (SSSR count). The Balaban J connectivity index is 2.12. The van der Waals surface area contributed by atoms with Gasteiger partial charge in [0.25, 0.3) is 0 Å². The van der Waals surface area contributed by atoms with Gasteiger partial charge in [0.1, 0.15) is 6.17 Å². The van der Waals surface area contributed by atoms with Crippen LogP contribution in [0.15, 0.2) is 30.3 Å². The van der Waals surface area contributed by atoms with Gasteiger partial charge in [0.05, 0.1) is 18.6 Å². The zero-order valence-corrected chi connectivity index (χ0v) is 10.8. The first kappa shape index (κ1) is 16.5. The summed E-state index contributed by atoms with van der Waals surface area (Å²) in [6, 6.07) is 8.36. The monoisotopic (exact) mass is 292 g/mol. The number of rotatable bonds is 7. The van der Waals surface area contributed by atoms with Crippen LogP contribution in [0.5, 0.6) is 0 Å². The van der Waals surface area contributed by atoms with E-state index < -0.39 is 24.7 Å². The lowest BCUT2D eigenvalue weighted by Crippen LogP contribution is -2.16. The maximum Gasteiger partial charge on any atom is 0.391 e. The molecule has 0 saturated heterocycles. The molecule has 0 aliphatic rings. The van der Waals surface area contributed by atoms with Gasteiger partial charge in [0.15, 0.2) is 0 Å². The average Bonchev–Trinajstić information content (AvgIpc) is 2.37. The Morgan fingerprint density at radius 1 is 1.15 bits per heavy atom. The van der Waals surface area contributed by atoms with Gasteiger partial charge in [-0.05, 0) is 31.4 Å². The highest BCUT2D eigenvalue weighted by molar-refractivity contribution is 5.89. The summed E-state index contributed by atoms with van der Waals surface area (Å²) in [6.07, 6.45) is -7.37. The molecule has 1 atom stereocenters. The highest BCUT2D eigenvalue weighted by Gasteiger charge is 2.31. The van der Waals surface area contributed by atoms with Crippen LogP contribution in [0, 0.1) is 0 Å². The van der Waals surface area contributed by atoms with Crippen LogP contribution in [-0.4, -0.2) is 24.9 Å². The van der Waals surface area contributed by atoms with E-state index in [1.54, 1.807) is 30.3 Å². The van der Waals surface area contributed by atoms with E-state index in [0.717, 1.165) is 0 Å². The van der Waals surface area contributed by atoms with E-state index in [9.17, 15) is 22.4 Å². The predicted octanol–water partition coefficient (Wildman–Crippen LogP) is 4.30. The lowest BCUT2D eigenvalue weighted by atomic mass is 10.1. The van der Waals surface area contributed by atoms with E-state index >= 15 is 0 Å². The predicted molar refractivity (Wildman–Crippen MR) is 66.1 cm³/mol. The lowest BCUT2D eigenvalue weighted by Gasteiger charge is -2.10. The summed E-state index contributed by atoms with van der Waals surface area (Å²) in [4.78, 5) is 11.5. The van der Waals surface area contributed by atoms with Crippen molar-refractivity contribution in [2.45, 2.75) is 38.0 Å². The van der Waals surface area contributed by atoms with Crippen LogP contribution >= 0.6 is 0 Å². The van der Waals surface area contributed by atoms with E-state index in [1.165, 1.54) is 0 Å². The van der Waals surface area contributed by atoms with Gasteiger partial charge in [-0.1, -0.05) is 18.2 Å². The van der Waals surface area contributed by atoms with Crippen molar-refractivity contribution < 1.29 is 27.1 Å². The highest BCUT2D eigenvalue weighted by Crippen LogP contribution is 2.25. The third-order valence-corrected chi connectivity index (χ3v) is 2.61. The van der Waals surface area contributed by atoms with Gasteiger partial charge in [0, 0.05) is 0 Å². The SMILES string of the molecule is O=C(OCCCCC(F)CC(F)(F)F)c1ccccc1. The van der Waals surface area contributed by atoms with Crippen molar-refractivity contribution >= 4 is 5.97 Å². The molecule has 0 aromatic heterocycles. The number of halogens is 4. The van der Waals surface area contributed by atoms with Crippen LogP contribution in [0.4, 0.5) is 17.6 Å². The number of carbonyl (C=O) groups excluding carboxylic acids is 1. The second-order valence-corrected chi connectivity index (χ2v) is 4.41. The standard InChI is InChI=1S/C14H16F4O2/c15-12(10-14(16,17)18)8-4-5-9-20-13(19)11-6-2-1-3-7-11/h1-3,6-7,12H,4-5,8-10H2. The van der Waals surface area contributed by atoms with Crippen molar-refractivity contribution in [3.8, 4) is 0 Å². The maximum absolute atomic E-state index is 12.9. The Morgan fingerprint density at radius 3 is 2.40 bits per heavy atom. The molecule has 0 fully saturated rings. The lowest BCUT2D eigenvalue weighted by molar-refractivity contribution is -0.146. The van der Waals surface area contributed by atoms with Crippen LogP contribution in [-0.2, 0) is 4.74 Å². The largest absolute Gasteiger partial charge is 0.462 e. The molecule has 0 radical (unpaired) electrons. The number of unbranched alkanes of at least 4 members (excludes halogenated alkanes) is 1. The number of benzene rings is 1. The van der Waals surface area contributed by atoms with E-state index in [4.69, 9.17) is 4.74 Å². The normalized spacial score (nSPS) is 13.0. The number of carbonyl (C=O) groups is 1. The van der Waals surface area contributed by atoms with Crippen molar-refractivity contribution in [3.63, 3.8) is 0 Å². The van der Waals surface area contributed by atoms with Gasteiger partial charge >= 0.3 is 12.1 Å². The van der Waals surface area contributed by atoms with Crippen LogP contribution in [0.25, 0.3) is 0 Å². The Hall–Kier alpha value is -1.59. The summed E-state index contributed by atoms with van der Waals surface area (Å²) in [5.74, 6) is -0.488. The zero-order chi connectivity index (χ0) is 15.0. The van der Waals surface area contributed by atoms with E-state index in [0.29, 0.717) is 12.0 Å². The van der Waals surface area contributed by atoms with Crippen LogP contribution in [0.3, 0.4) is 0 Å². The molecular weight excluding hydrogens is 276 g/mol. The Morgan fingerprint density at radius 2 is 1.80 bits per heavy atom.